The molecule has 2 aromatic carbocycles. The summed E-state index contributed by atoms with van der Waals surface area (Å²) in [6.45, 7) is 2.81. The molecule has 9 nitrogen and oxygen atoms in total. The lowest BCUT2D eigenvalue weighted by atomic mass is 9.98. The molecule has 0 spiro atoms. The van der Waals surface area contributed by atoms with Crippen LogP contribution in [0.4, 0.5) is 17.3 Å². The number of aromatic nitrogens is 4. The summed E-state index contributed by atoms with van der Waals surface area (Å²) >= 11 is 5.88. The van der Waals surface area contributed by atoms with Gasteiger partial charge in [0.15, 0.2) is 5.78 Å². The van der Waals surface area contributed by atoms with Gasteiger partial charge in [0.1, 0.15) is 5.15 Å². The van der Waals surface area contributed by atoms with Crippen LogP contribution >= 0.6 is 11.6 Å². The van der Waals surface area contributed by atoms with Gasteiger partial charge in [-0.05, 0) is 86.1 Å². The van der Waals surface area contributed by atoms with Gasteiger partial charge < -0.3 is 19.7 Å². The fourth-order valence-corrected chi connectivity index (χ4v) is 5.75. The van der Waals surface area contributed by atoms with Crippen molar-refractivity contribution in [3.8, 4) is 0 Å². The molecule has 1 fully saturated rings. The van der Waals surface area contributed by atoms with Gasteiger partial charge in [-0.1, -0.05) is 29.8 Å². The van der Waals surface area contributed by atoms with Gasteiger partial charge >= 0.3 is 0 Å². The topological polar surface area (TPSA) is 96.2 Å². The molecule has 5 aromatic rings. The summed E-state index contributed by atoms with van der Waals surface area (Å²) < 4.78 is 1.54. The molecule has 1 aliphatic heterocycles. The zero-order valence-electron chi connectivity index (χ0n) is 24.8. The highest BCUT2D eigenvalue weighted by Crippen LogP contribution is 2.29. The summed E-state index contributed by atoms with van der Waals surface area (Å²) in [5, 5.41) is 4.64. The molecule has 0 bridgehead atoms. The van der Waals surface area contributed by atoms with E-state index in [1.807, 2.05) is 30.5 Å². The van der Waals surface area contributed by atoms with Crippen molar-refractivity contribution in [3.63, 3.8) is 0 Å². The molecule has 4 heterocycles. The molecule has 0 saturated carbocycles. The summed E-state index contributed by atoms with van der Waals surface area (Å²) in [4.78, 5) is 44.1. The third-order valence-corrected chi connectivity index (χ3v) is 8.08. The quantitative estimate of drug-likeness (QED) is 0.157. The number of ketones is 1. The molecule has 1 N–H and O–H groups in total. The Hall–Kier alpha value is -4.60. The first-order valence-corrected chi connectivity index (χ1v) is 15.0. The lowest BCUT2D eigenvalue weighted by Gasteiger charge is -2.19. The molecule has 10 heteroatoms. The molecule has 1 aliphatic rings. The van der Waals surface area contributed by atoms with E-state index in [0.29, 0.717) is 24.1 Å². The van der Waals surface area contributed by atoms with Crippen LogP contribution in [-0.2, 0) is 13.1 Å². The van der Waals surface area contributed by atoms with Crippen LogP contribution in [0.2, 0.25) is 5.15 Å². The molecular formula is C34H34ClN7O2. The molecule has 1 atom stereocenters. The van der Waals surface area contributed by atoms with E-state index in [-0.39, 0.29) is 22.8 Å². The molecule has 0 amide bonds. The maximum atomic E-state index is 13.2. The Kier molecular flexibility index (Phi) is 8.67. The number of benzene rings is 2. The molecule has 224 valence electrons. The normalized spacial score (nSPS) is 14.8. The second-order valence-corrected chi connectivity index (χ2v) is 12.0. The molecule has 6 rings (SSSR count). The Morgan fingerprint density at radius 2 is 1.84 bits per heavy atom. The van der Waals surface area contributed by atoms with Crippen molar-refractivity contribution in [2.45, 2.75) is 25.9 Å². The van der Waals surface area contributed by atoms with Gasteiger partial charge in [-0.15, -0.1) is 0 Å². The number of pyridine rings is 2. The first-order valence-electron chi connectivity index (χ1n) is 14.7. The van der Waals surface area contributed by atoms with E-state index in [1.165, 1.54) is 5.56 Å². The van der Waals surface area contributed by atoms with Crippen LogP contribution in [0.25, 0.3) is 10.9 Å². The molecule has 0 aliphatic carbocycles. The third kappa shape index (κ3) is 6.96. The van der Waals surface area contributed by atoms with Crippen LogP contribution in [0, 0.1) is 5.92 Å². The third-order valence-electron chi connectivity index (χ3n) is 7.86. The highest BCUT2D eigenvalue weighted by atomic mass is 35.5. The van der Waals surface area contributed by atoms with Crippen molar-refractivity contribution in [1.82, 2.24) is 24.4 Å². The second-order valence-electron chi connectivity index (χ2n) is 11.6. The lowest BCUT2D eigenvalue weighted by Crippen LogP contribution is -2.27. The monoisotopic (exact) mass is 607 g/mol. The Bertz CT molecular complexity index is 1840. The van der Waals surface area contributed by atoms with Gasteiger partial charge in [-0.25, -0.2) is 15.0 Å². The van der Waals surface area contributed by atoms with Crippen molar-refractivity contribution in [2.24, 2.45) is 5.92 Å². The Morgan fingerprint density at radius 3 is 2.61 bits per heavy atom. The molecule has 3 aromatic heterocycles. The zero-order valence-corrected chi connectivity index (χ0v) is 25.5. The van der Waals surface area contributed by atoms with Gasteiger partial charge in [-0.3, -0.25) is 9.59 Å². The van der Waals surface area contributed by atoms with Crippen LogP contribution in [-0.4, -0.2) is 57.4 Å². The number of carbonyl (C=O) groups is 1. The predicted octanol–water partition coefficient (Wildman–Crippen LogP) is 5.79. The first kappa shape index (κ1) is 29.5. The van der Waals surface area contributed by atoms with Gasteiger partial charge in [0.25, 0.3) is 5.56 Å². The molecule has 1 unspecified atom stereocenters. The minimum Gasteiger partial charge on any atom is -0.371 e. The minimum absolute atomic E-state index is 0.121. The molecule has 44 heavy (non-hydrogen) atoms. The van der Waals surface area contributed by atoms with Crippen molar-refractivity contribution in [3.05, 3.63) is 118 Å². The van der Waals surface area contributed by atoms with Crippen LogP contribution < -0.4 is 15.8 Å². The van der Waals surface area contributed by atoms with Crippen LogP contribution in [0.5, 0.6) is 0 Å². The van der Waals surface area contributed by atoms with Crippen molar-refractivity contribution >= 4 is 45.6 Å². The van der Waals surface area contributed by atoms with E-state index in [0.717, 1.165) is 53.9 Å². The van der Waals surface area contributed by atoms with E-state index in [2.05, 4.69) is 63.4 Å². The fraction of sp³-hybridized carbons (Fsp3) is 0.265. The van der Waals surface area contributed by atoms with Crippen molar-refractivity contribution in [2.75, 3.05) is 37.4 Å². The maximum Gasteiger partial charge on any atom is 0.261 e. The summed E-state index contributed by atoms with van der Waals surface area (Å²) in [5.41, 5.74) is 4.90. The number of rotatable bonds is 10. The maximum absolute atomic E-state index is 13.2. The van der Waals surface area contributed by atoms with E-state index in [4.69, 9.17) is 16.6 Å². The van der Waals surface area contributed by atoms with Gasteiger partial charge in [-0.2, -0.15) is 0 Å². The van der Waals surface area contributed by atoms with Crippen LogP contribution in [0.1, 0.15) is 34.3 Å². The summed E-state index contributed by atoms with van der Waals surface area (Å²) in [7, 11) is 4.11. The number of nitrogens with zero attached hydrogens (tertiary/aromatic N) is 6. The number of fused-ring (bicyclic) bond motifs is 1. The van der Waals surface area contributed by atoms with Crippen LogP contribution in [0.3, 0.4) is 0 Å². The Balaban J connectivity index is 1.08. The number of halogens is 1. The minimum atomic E-state index is -0.285. The largest absolute Gasteiger partial charge is 0.371 e. The SMILES string of the molecule is CN(C)Cc1ccc(Nc2ncc3cc(N4CCC(CC(=O)c5cccn(Cc6ccc(Cl)nc6)c5=O)C4)ccc3n2)cc1. The van der Waals surface area contributed by atoms with E-state index >= 15 is 0 Å². The van der Waals surface area contributed by atoms with E-state index in [9.17, 15) is 9.59 Å². The molecule has 0 radical (unpaired) electrons. The zero-order chi connectivity index (χ0) is 30.6. The molecule has 1 saturated heterocycles. The lowest BCUT2D eigenvalue weighted by molar-refractivity contribution is 0.0963. The van der Waals surface area contributed by atoms with Gasteiger partial charge in [0, 0.05) is 61.4 Å². The highest BCUT2D eigenvalue weighted by Gasteiger charge is 2.26. The van der Waals surface area contributed by atoms with Gasteiger partial charge in [0.05, 0.1) is 17.6 Å². The Morgan fingerprint density at radius 1 is 1.02 bits per heavy atom. The number of hydrogen-bond donors (Lipinski definition) is 1. The first-order chi connectivity index (χ1) is 21.3. The van der Waals surface area contributed by atoms with Crippen molar-refractivity contribution < 1.29 is 4.79 Å². The molecular weight excluding hydrogens is 574 g/mol. The average Bonchev–Trinajstić information content (AvgIpc) is 3.48. The number of hydrogen-bond acceptors (Lipinski definition) is 8. The summed E-state index contributed by atoms with van der Waals surface area (Å²) in [5.74, 6) is 0.596. The number of anilines is 3. The highest BCUT2D eigenvalue weighted by molar-refractivity contribution is 6.29. The average molecular weight is 608 g/mol. The van der Waals surface area contributed by atoms with E-state index < -0.39 is 0 Å². The number of Topliss-reactive ketones (excluding diaryl/α,β-unsaturated/α-hetero) is 1. The van der Waals surface area contributed by atoms with Gasteiger partial charge in [0.2, 0.25) is 5.95 Å². The second kappa shape index (κ2) is 13.0. The number of carbonyl (C=O) groups excluding carboxylic acids is 1. The smallest absolute Gasteiger partial charge is 0.261 e. The van der Waals surface area contributed by atoms with Crippen LogP contribution in [0.15, 0.2) is 90.1 Å². The Labute approximate surface area is 261 Å². The standard InChI is InChI=1S/C34H34ClN7O2/c1-40(2)20-23-5-8-27(9-6-23)38-34-37-19-26-17-28(10-11-30(26)39-34)41-15-13-24(21-41)16-31(43)29-4-3-14-42(33(29)44)22-25-7-12-32(35)36-18-25/h3-12,14,17-19,24H,13,15-16,20-22H2,1-2H3,(H,37,38,39). The van der Waals surface area contributed by atoms with E-state index in [1.54, 1.807) is 35.2 Å². The summed E-state index contributed by atoms with van der Waals surface area (Å²) in [6, 6.07) is 21.3. The fourth-order valence-electron chi connectivity index (χ4n) is 5.64. The number of nitrogens with one attached hydrogen (secondary N) is 1. The van der Waals surface area contributed by atoms with Crippen molar-refractivity contribution in [1.29, 1.82) is 0 Å². The summed E-state index contributed by atoms with van der Waals surface area (Å²) in [6.07, 6.45) is 6.38. The predicted molar refractivity (Wildman–Crippen MR) is 175 cm³/mol.